The van der Waals surface area contributed by atoms with Gasteiger partial charge >= 0.3 is 5.97 Å². The predicted octanol–water partition coefficient (Wildman–Crippen LogP) is 3.27. The molecule has 1 amide bonds. The summed E-state index contributed by atoms with van der Waals surface area (Å²) in [6.45, 7) is 1.24. The number of hydrogen-bond acceptors (Lipinski definition) is 3. The lowest BCUT2D eigenvalue weighted by Gasteiger charge is -2.01. The van der Waals surface area contributed by atoms with Gasteiger partial charge in [0.2, 0.25) is 5.91 Å². The van der Waals surface area contributed by atoms with Crippen molar-refractivity contribution >= 4 is 33.9 Å². The Kier molecular flexibility index (Phi) is 4.59. The van der Waals surface area contributed by atoms with E-state index in [9.17, 15) is 9.59 Å². The summed E-state index contributed by atoms with van der Waals surface area (Å²) in [6, 6.07) is 10.9. The molecule has 5 nitrogen and oxygen atoms in total. The first-order chi connectivity index (χ1) is 9.95. The van der Waals surface area contributed by atoms with Gasteiger partial charge in [-0.25, -0.2) is 4.79 Å². The van der Waals surface area contributed by atoms with Crippen LogP contribution in [0.2, 0.25) is 0 Å². The van der Waals surface area contributed by atoms with E-state index >= 15 is 0 Å². The lowest BCUT2D eigenvalue weighted by atomic mass is 10.2. The molecule has 0 aliphatic carbocycles. The second kappa shape index (κ2) is 6.41. The first-order valence-corrected chi connectivity index (χ1v) is 6.83. The van der Waals surface area contributed by atoms with Crippen LogP contribution in [0.3, 0.4) is 0 Å². The molecule has 21 heavy (non-hydrogen) atoms. The van der Waals surface area contributed by atoms with E-state index in [-0.39, 0.29) is 5.70 Å². The van der Waals surface area contributed by atoms with Crippen molar-refractivity contribution in [2.24, 2.45) is 0 Å². The molecular weight excluding hydrogens is 338 g/mol. The normalized spacial score (nSPS) is 11.2. The maximum atomic E-state index is 11.0. The van der Waals surface area contributed by atoms with Gasteiger partial charge in [0, 0.05) is 23.0 Å². The van der Waals surface area contributed by atoms with Crippen LogP contribution in [0.5, 0.6) is 0 Å². The average Bonchev–Trinajstić information content (AvgIpc) is 2.87. The highest BCUT2D eigenvalue weighted by atomic mass is 79.9. The minimum atomic E-state index is -1.23. The molecular formula is C15H12BrNO4. The standard InChI is InChI=1S/C15H12BrNO4/c1-9(18)17-13(15(19)20)8-12-6-7-14(21-12)10-2-4-11(16)5-3-10/h2-8H,1H3,(H,17,18)(H,19,20). The minimum absolute atomic E-state index is 0.237. The molecule has 0 aliphatic rings. The molecule has 6 heteroatoms. The third-order valence-corrected chi connectivity index (χ3v) is 3.11. The van der Waals surface area contributed by atoms with E-state index in [1.807, 2.05) is 24.3 Å². The number of amides is 1. The summed E-state index contributed by atoms with van der Waals surface area (Å²) in [5, 5.41) is 11.2. The molecule has 0 saturated carbocycles. The lowest BCUT2D eigenvalue weighted by Crippen LogP contribution is -2.24. The average molecular weight is 350 g/mol. The topological polar surface area (TPSA) is 79.5 Å². The highest BCUT2D eigenvalue weighted by Crippen LogP contribution is 2.24. The highest BCUT2D eigenvalue weighted by molar-refractivity contribution is 9.10. The molecule has 0 fully saturated rings. The van der Waals surface area contributed by atoms with E-state index in [0.717, 1.165) is 10.0 Å². The predicted molar refractivity (Wildman–Crippen MR) is 81.3 cm³/mol. The van der Waals surface area contributed by atoms with Crippen LogP contribution in [0.25, 0.3) is 17.4 Å². The zero-order chi connectivity index (χ0) is 15.4. The zero-order valence-corrected chi connectivity index (χ0v) is 12.7. The van der Waals surface area contributed by atoms with Crippen LogP contribution >= 0.6 is 15.9 Å². The molecule has 2 aromatic rings. The third kappa shape index (κ3) is 4.06. The summed E-state index contributed by atoms with van der Waals surface area (Å²) in [5.74, 6) is -0.726. The maximum absolute atomic E-state index is 11.0. The Morgan fingerprint density at radius 3 is 2.43 bits per heavy atom. The van der Waals surface area contributed by atoms with Gasteiger partial charge in [-0.05, 0) is 24.3 Å². The Morgan fingerprint density at radius 2 is 1.86 bits per heavy atom. The number of benzene rings is 1. The molecule has 0 spiro atoms. The first-order valence-electron chi connectivity index (χ1n) is 6.04. The molecule has 0 aliphatic heterocycles. The summed E-state index contributed by atoms with van der Waals surface area (Å²) in [5.41, 5.74) is 0.633. The van der Waals surface area contributed by atoms with Gasteiger partial charge in [-0.2, -0.15) is 0 Å². The van der Waals surface area contributed by atoms with Gasteiger partial charge in [-0.1, -0.05) is 28.1 Å². The summed E-state index contributed by atoms with van der Waals surface area (Å²) in [4.78, 5) is 22.0. The van der Waals surface area contributed by atoms with E-state index in [0.29, 0.717) is 11.5 Å². The molecule has 108 valence electrons. The molecule has 2 rings (SSSR count). The van der Waals surface area contributed by atoms with E-state index in [1.54, 1.807) is 12.1 Å². The van der Waals surface area contributed by atoms with Gasteiger partial charge in [0.1, 0.15) is 17.2 Å². The lowest BCUT2D eigenvalue weighted by molar-refractivity contribution is -0.134. The second-order valence-electron chi connectivity index (χ2n) is 4.25. The van der Waals surface area contributed by atoms with Crippen molar-refractivity contribution in [1.82, 2.24) is 5.32 Å². The molecule has 2 N–H and O–H groups in total. The first kappa shape index (κ1) is 15.1. The summed E-state index contributed by atoms with van der Waals surface area (Å²) in [7, 11) is 0. The van der Waals surface area contributed by atoms with Crippen LogP contribution < -0.4 is 5.32 Å². The van der Waals surface area contributed by atoms with Crippen LogP contribution in [0.1, 0.15) is 12.7 Å². The fourth-order valence-electron chi connectivity index (χ4n) is 1.68. The molecule has 1 aromatic carbocycles. The fourth-order valence-corrected chi connectivity index (χ4v) is 1.95. The number of carboxylic acids is 1. The smallest absolute Gasteiger partial charge is 0.352 e. The van der Waals surface area contributed by atoms with Crippen molar-refractivity contribution in [3.8, 4) is 11.3 Å². The summed E-state index contributed by atoms with van der Waals surface area (Å²) in [6.07, 6.45) is 1.27. The van der Waals surface area contributed by atoms with Crippen LogP contribution in [-0.4, -0.2) is 17.0 Å². The fraction of sp³-hybridized carbons (Fsp3) is 0.0667. The van der Waals surface area contributed by atoms with Crippen molar-refractivity contribution in [3.05, 3.63) is 52.3 Å². The minimum Gasteiger partial charge on any atom is -0.477 e. The molecule has 0 radical (unpaired) electrons. The highest BCUT2D eigenvalue weighted by Gasteiger charge is 2.11. The van der Waals surface area contributed by atoms with E-state index in [2.05, 4.69) is 21.2 Å². The number of carbonyl (C=O) groups is 2. The number of hydrogen-bond donors (Lipinski definition) is 2. The largest absolute Gasteiger partial charge is 0.477 e. The summed E-state index contributed by atoms with van der Waals surface area (Å²) >= 11 is 3.35. The van der Waals surface area contributed by atoms with E-state index in [4.69, 9.17) is 9.52 Å². The molecule has 1 aromatic heterocycles. The van der Waals surface area contributed by atoms with Gasteiger partial charge in [-0.15, -0.1) is 0 Å². The number of nitrogens with one attached hydrogen (secondary N) is 1. The number of furan rings is 1. The Balaban J connectivity index is 2.28. The number of carboxylic acid groups (broad SMARTS) is 1. The number of rotatable bonds is 4. The van der Waals surface area contributed by atoms with Gasteiger partial charge in [-0.3, -0.25) is 4.79 Å². The monoisotopic (exact) mass is 349 g/mol. The van der Waals surface area contributed by atoms with Gasteiger partial charge in [0.15, 0.2) is 0 Å². The van der Waals surface area contributed by atoms with Crippen molar-refractivity contribution in [3.63, 3.8) is 0 Å². The van der Waals surface area contributed by atoms with Crippen LogP contribution in [0.4, 0.5) is 0 Å². The van der Waals surface area contributed by atoms with Crippen LogP contribution in [-0.2, 0) is 9.59 Å². The Morgan fingerprint density at radius 1 is 1.19 bits per heavy atom. The number of carbonyl (C=O) groups excluding carboxylic acids is 1. The van der Waals surface area contributed by atoms with E-state index in [1.165, 1.54) is 13.0 Å². The summed E-state index contributed by atoms with van der Waals surface area (Å²) < 4.78 is 6.52. The van der Waals surface area contributed by atoms with Crippen LogP contribution in [0, 0.1) is 0 Å². The van der Waals surface area contributed by atoms with Crippen molar-refractivity contribution in [1.29, 1.82) is 0 Å². The van der Waals surface area contributed by atoms with Gasteiger partial charge in [0.05, 0.1) is 0 Å². The van der Waals surface area contributed by atoms with Crippen molar-refractivity contribution in [2.75, 3.05) is 0 Å². The molecule has 0 unspecified atom stereocenters. The van der Waals surface area contributed by atoms with E-state index < -0.39 is 11.9 Å². The zero-order valence-electron chi connectivity index (χ0n) is 11.1. The molecule has 0 atom stereocenters. The Hall–Kier alpha value is -2.34. The third-order valence-electron chi connectivity index (χ3n) is 2.58. The number of aliphatic carboxylic acids is 1. The SMILES string of the molecule is CC(=O)NC(=Cc1ccc(-c2ccc(Br)cc2)o1)C(=O)O. The van der Waals surface area contributed by atoms with Crippen LogP contribution in [0.15, 0.2) is 51.0 Å². The van der Waals surface area contributed by atoms with Gasteiger partial charge < -0.3 is 14.8 Å². The maximum Gasteiger partial charge on any atom is 0.352 e. The van der Waals surface area contributed by atoms with Crippen molar-refractivity contribution < 1.29 is 19.1 Å². The van der Waals surface area contributed by atoms with Gasteiger partial charge in [0.25, 0.3) is 0 Å². The molecule has 0 bridgehead atoms. The Bertz CT molecular complexity index is 701. The van der Waals surface area contributed by atoms with Crippen molar-refractivity contribution in [2.45, 2.75) is 6.92 Å². The second-order valence-corrected chi connectivity index (χ2v) is 5.17. The molecule has 1 heterocycles. The quantitative estimate of drug-likeness (QED) is 0.830. The number of halogens is 1. The molecule has 0 saturated heterocycles. The Labute approximate surface area is 129 Å².